The van der Waals surface area contributed by atoms with Gasteiger partial charge >= 0.3 is 309 Å². The second kappa shape index (κ2) is 17.6. The molecule has 8 rings (SSSR count). The van der Waals surface area contributed by atoms with Crippen molar-refractivity contribution in [2.75, 3.05) is 13.2 Å². The van der Waals surface area contributed by atoms with E-state index in [-0.39, 0.29) is 0 Å². The van der Waals surface area contributed by atoms with Crippen LogP contribution in [0.5, 0.6) is 0 Å². The van der Waals surface area contributed by atoms with Gasteiger partial charge in [-0.2, -0.15) is 0 Å². The third-order valence-electron chi connectivity index (χ3n) is 10.5. The number of hydrogen-bond donors (Lipinski definition) is 0. The molecule has 3 aromatic heterocycles. The molecule has 1 aliphatic heterocycles. The first-order valence-corrected chi connectivity index (χ1v) is 24.3. The molecule has 8 heteroatoms. The van der Waals surface area contributed by atoms with Crippen LogP contribution in [-0.2, 0) is 22.7 Å². The van der Waals surface area contributed by atoms with Gasteiger partial charge in [-0.25, -0.2) is 0 Å². The number of allylic oxidation sites excluding steroid dienone is 6. The summed E-state index contributed by atoms with van der Waals surface area (Å²) in [5.74, 6) is 0. The van der Waals surface area contributed by atoms with Crippen molar-refractivity contribution in [2.45, 2.75) is 27.7 Å². The van der Waals surface area contributed by atoms with E-state index in [9.17, 15) is 0 Å². The third kappa shape index (κ3) is 7.56. The number of thiophene rings is 2. The summed E-state index contributed by atoms with van der Waals surface area (Å²) in [5, 5.41) is 5.09. The summed E-state index contributed by atoms with van der Waals surface area (Å²) < 4.78 is 19.7. The Labute approximate surface area is 358 Å². The Kier molecular flexibility index (Phi) is 12.2. The van der Waals surface area contributed by atoms with E-state index in [1.807, 2.05) is 17.9 Å². The number of benzene rings is 4. The second-order valence-electron chi connectivity index (χ2n) is 13.7. The van der Waals surface area contributed by atoms with Gasteiger partial charge in [0.25, 0.3) is 0 Å². The van der Waals surface area contributed by atoms with Crippen molar-refractivity contribution in [3.63, 3.8) is 0 Å². The quantitative estimate of drug-likeness (QED) is 0.101. The van der Waals surface area contributed by atoms with E-state index < -0.39 is 7.26 Å². The Morgan fingerprint density at radius 1 is 0.667 bits per heavy atom. The van der Waals surface area contributed by atoms with Gasteiger partial charge in [0.15, 0.2) is 0 Å². The van der Waals surface area contributed by atoms with Crippen molar-refractivity contribution in [3.8, 4) is 25.3 Å². The van der Waals surface area contributed by atoms with E-state index >= 15 is 0 Å². The topological polar surface area (TPSA) is 35.0 Å². The number of hydrogen-bond acceptors (Lipinski definition) is 6. The first kappa shape index (κ1) is 39.4. The van der Waals surface area contributed by atoms with E-state index in [4.69, 9.17) is 13.5 Å². The van der Waals surface area contributed by atoms with E-state index in [0.717, 1.165) is 16.6 Å². The Bertz CT molecular complexity index is 2670. The van der Waals surface area contributed by atoms with Crippen molar-refractivity contribution in [1.29, 1.82) is 0 Å². The van der Waals surface area contributed by atoms with Crippen LogP contribution in [0.25, 0.3) is 44.1 Å². The molecular formula is C49H41N2OOsPS3+. The van der Waals surface area contributed by atoms with Crippen molar-refractivity contribution >= 4 is 80.8 Å². The van der Waals surface area contributed by atoms with Crippen LogP contribution in [0, 0.1) is 18.2 Å². The van der Waals surface area contributed by atoms with Crippen LogP contribution in [0.1, 0.15) is 34.7 Å². The van der Waals surface area contributed by atoms with Crippen LogP contribution >= 0.6 is 41.7 Å². The molecule has 0 bridgehead atoms. The molecule has 1 aliphatic rings. The van der Waals surface area contributed by atoms with Crippen LogP contribution in [0.3, 0.4) is 0 Å². The minimum atomic E-state index is -2.43. The Morgan fingerprint density at radius 2 is 1.16 bits per heavy atom. The normalized spacial score (nSPS) is 15.4. The average molecular weight is 991 g/mol. The molecule has 0 radical (unpaired) electrons. The molecule has 0 atom stereocenters. The molecule has 0 spiro atoms. The van der Waals surface area contributed by atoms with Gasteiger partial charge in [0, 0.05) is 9.75 Å². The SMILES string of the molecule is CC=C1COCC1=CC(/C=C/c1ccc(-c2c(C)c(C)c(-c3ccc(/C=C/C)s3)c3nsnc23)s1)=C([C]#[Os])[P+](c1ccccc1)(c1ccccc1)c1ccccc1. The second-order valence-corrected chi connectivity index (χ2v) is 20.5. The van der Waals surface area contributed by atoms with Gasteiger partial charge in [0.05, 0.1) is 0 Å². The molecule has 283 valence electrons. The van der Waals surface area contributed by atoms with Crippen molar-refractivity contribution in [3.05, 3.63) is 182 Å². The van der Waals surface area contributed by atoms with Gasteiger partial charge in [-0.3, -0.25) is 0 Å². The number of nitrogens with zero attached hydrogens (tertiary/aromatic N) is 2. The summed E-state index contributed by atoms with van der Waals surface area (Å²) >= 11 is 6.71. The zero-order chi connectivity index (χ0) is 39.4. The van der Waals surface area contributed by atoms with Crippen molar-refractivity contribution in [2.24, 2.45) is 0 Å². The molecule has 4 aromatic carbocycles. The number of aromatic nitrogens is 2. The van der Waals surface area contributed by atoms with Crippen LogP contribution < -0.4 is 15.9 Å². The van der Waals surface area contributed by atoms with Crippen molar-refractivity contribution < 1.29 is 22.7 Å². The minimum absolute atomic E-state index is 0.585. The maximum atomic E-state index is 6.02. The standard InChI is InChI=1S/C49H41N2OPS3.Os/c1-6-17-42-26-28-44(54-42)46-33(3)34(4)47(49-48(46)50-56-51-49)45-29-27-43(55-45)25-24-37(30-38-32-52-31-36(38)7-2)35(5)53(39-18-11-8-12-19-39,40-20-13-9-14-21-40)41-22-15-10-16-23-41;/h6-30H,31-32H2,1-4H3;/q+1;/b17-6+,25-24+,36-7?,37-35?,38-30?;. The third-order valence-corrected chi connectivity index (χ3v) is 18.6. The number of ether oxygens (including phenoxy) is 1. The van der Waals surface area contributed by atoms with Gasteiger partial charge in [-0.05, 0) is 25.1 Å². The maximum absolute atomic E-state index is 6.02. The summed E-state index contributed by atoms with van der Waals surface area (Å²) in [6.07, 6.45) is 13.4. The number of fused-ring (bicyclic) bond motifs is 1. The summed E-state index contributed by atoms with van der Waals surface area (Å²) in [7, 11) is -2.43. The molecule has 1 saturated heterocycles. The Morgan fingerprint density at radius 3 is 1.63 bits per heavy atom. The predicted molar refractivity (Wildman–Crippen MR) is 246 cm³/mol. The zero-order valence-electron chi connectivity index (χ0n) is 32.2. The molecular weight excluding hydrogens is 950 g/mol. The first-order chi connectivity index (χ1) is 28.0. The van der Waals surface area contributed by atoms with Crippen molar-refractivity contribution in [1.82, 2.24) is 8.75 Å². The van der Waals surface area contributed by atoms with E-state index in [2.05, 4.69) is 184 Å². The van der Waals surface area contributed by atoms with E-state index in [1.165, 1.54) is 85.9 Å². The summed E-state index contributed by atoms with van der Waals surface area (Å²) in [6.45, 7) is 9.84. The molecule has 3 nitrogen and oxygen atoms in total. The molecule has 57 heavy (non-hydrogen) atoms. The molecule has 0 amide bonds. The van der Waals surface area contributed by atoms with Gasteiger partial charge in [0.1, 0.15) is 0 Å². The molecule has 0 unspecified atom stereocenters. The fourth-order valence-electron chi connectivity index (χ4n) is 7.68. The molecule has 4 heterocycles. The van der Waals surface area contributed by atoms with Crippen LogP contribution in [0.4, 0.5) is 0 Å². The average Bonchev–Trinajstić information content (AvgIpc) is 4.10. The first-order valence-electron chi connectivity index (χ1n) is 18.8. The molecule has 0 saturated carbocycles. The van der Waals surface area contributed by atoms with Crippen LogP contribution in [0.15, 0.2) is 162 Å². The van der Waals surface area contributed by atoms with E-state index in [0.29, 0.717) is 13.2 Å². The van der Waals surface area contributed by atoms with Gasteiger partial charge < -0.3 is 0 Å². The summed E-state index contributed by atoms with van der Waals surface area (Å²) in [4.78, 5) is 4.83. The predicted octanol–water partition coefficient (Wildman–Crippen LogP) is 12.5. The van der Waals surface area contributed by atoms with Gasteiger partial charge in [-0.15, -0.1) is 11.3 Å². The Hall–Kier alpha value is -4.39. The molecule has 0 aliphatic carbocycles. The van der Waals surface area contributed by atoms with Crippen LogP contribution in [0.2, 0.25) is 0 Å². The number of rotatable bonds is 10. The van der Waals surface area contributed by atoms with E-state index in [1.54, 1.807) is 22.7 Å². The summed E-state index contributed by atoms with van der Waals surface area (Å²) in [6, 6.07) is 42.0. The fourth-order valence-corrected chi connectivity index (χ4v) is 16.1. The Balaban J connectivity index is 1.31. The monoisotopic (exact) mass is 992 g/mol. The van der Waals surface area contributed by atoms with Crippen LogP contribution in [-0.4, -0.2) is 22.0 Å². The molecule has 7 aromatic rings. The summed E-state index contributed by atoms with van der Waals surface area (Å²) in [5.41, 5.74) is 10.4. The van der Waals surface area contributed by atoms with Gasteiger partial charge in [-0.1, -0.05) is 6.08 Å². The zero-order valence-corrected chi connectivity index (χ0v) is 38.1. The van der Waals surface area contributed by atoms with Gasteiger partial charge in [0.2, 0.25) is 0 Å². The molecule has 0 N–H and O–H groups in total. The molecule has 1 fully saturated rings. The fraction of sp³-hybridized carbons (Fsp3) is 0.122.